The molecular formula is C14H14F2N2O. The predicted octanol–water partition coefficient (Wildman–Crippen LogP) is 2.41. The van der Waals surface area contributed by atoms with E-state index < -0.39 is 11.6 Å². The van der Waals surface area contributed by atoms with Crippen LogP contribution in [0.5, 0.6) is 0 Å². The van der Waals surface area contributed by atoms with Crippen molar-refractivity contribution >= 4 is 5.91 Å². The molecular weight excluding hydrogens is 250 g/mol. The summed E-state index contributed by atoms with van der Waals surface area (Å²) in [5, 5.41) is 8.58. The molecule has 0 spiro atoms. The highest BCUT2D eigenvalue weighted by atomic mass is 19.2. The molecule has 0 aliphatic heterocycles. The standard InChI is InChI=1S/C14H14F2N2O/c15-12-5-2-10(8-13(12)16)9-14(19)18(7-1-6-17)11-3-4-11/h2,5,8,11H,1,3-4,7,9H2. The number of rotatable bonds is 5. The van der Waals surface area contributed by atoms with Crippen molar-refractivity contribution in [3.8, 4) is 6.07 Å². The van der Waals surface area contributed by atoms with E-state index >= 15 is 0 Å². The van der Waals surface area contributed by atoms with Crippen molar-refractivity contribution in [1.82, 2.24) is 4.90 Å². The molecule has 1 aliphatic rings. The molecule has 1 fully saturated rings. The molecule has 3 nitrogen and oxygen atoms in total. The molecule has 1 amide bonds. The lowest BCUT2D eigenvalue weighted by Gasteiger charge is -2.21. The van der Waals surface area contributed by atoms with Gasteiger partial charge in [-0.05, 0) is 30.5 Å². The van der Waals surface area contributed by atoms with E-state index in [1.54, 1.807) is 4.90 Å². The van der Waals surface area contributed by atoms with Crippen molar-refractivity contribution in [2.45, 2.75) is 31.7 Å². The number of benzene rings is 1. The summed E-state index contributed by atoms with van der Waals surface area (Å²) in [6.45, 7) is 0.406. The van der Waals surface area contributed by atoms with Gasteiger partial charge < -0.3 is 4.90 Å². The average molecular weight is 264 g/mol. The number of carbonyl (C=O) groups is 1. The quantitative estimate of drug-likeness (QED) is 0.819. The average Bonchev–Trinajstić information content (AvgIpc) is 3.19. The third kappa shape index (κ3) is 3.50. The molecule has 0 saturated heterocycles. The summed E-state index contributed by atoms with van der Waals surface area (Å²) in [4.78, 5) is 13.8. The second kappa shape index (κ2) is 5.79. The van der Waals surface area contributed by atoms with E-state index in [2.05, 4.69) is 0 Å². The molecule has 5 heteroatoms. The number of nitrogens with zero attached hydrogens (tertiary/aromatic N) is 2. The van der Waals surface area contributed by atoms with Gasteiger partial charge >= 0.3 is 0 Å². The molecule has 0 heterocycles. The first-order valence-electron chi connectivity index (χ1n) is 6.22. The largest absolute Gasteiger partial charge is 0.338 e. The van der Waals surface area contributed by atoms with Gasteiger partial charge in [0.2, 0.25) is 5.91 Å². The smallest absolute Gasteiger partial charge is 0.227 e. The van der Waals surface area contributed by atoms with E-state index in [0.717, 1.165) is 25.0 Å². The highest BCUT2D eigenvalue weighted by Crippen LogP contribution is 2.27. The van der Waals surface area contributed by atoms with E-state index in [1.165, 1.54) is 6.07 Å². The molecule has 19 heavy (non-hydrogen) atoms. The van der Waals surface area contributed by atoms with Crippen LogP contribution in [0.15, 0.2) is 18.2 Å². The van der Waals surface area contributed by atoms with Gasteiger partial charge in [0, 0.05) is 12.6 Å². The summed E-state index contributed by atoms with van der Waals surface area (Å²) in [6, 6.07) is 5.70. The van der Waals surface area contributed by atoms with Gasteiger partial charge in [-0.3, -0.25) is 4.79 Å². The van der Waals surface area contributed by atoms with Crippen LogP contribution in [0.3, 0.4) is 0 Å². The van der Waals surface area contributed by atoms with Crippen molar-refractivity contribution in [2.75, 3.05) is 6.54 Å². The molecule has 1 aromatic carbocycles. The number of hydrogen-bond donors (Lipinski definition) is 0. The van der Waals surface area contributed by atoms with Gasteiger partial charge in [0.05, 0.1) is 18.9 Å². The van der Waals surface area contributed by atoms with Crippen LogP contribution in [-0.4, -0.2) is 23.4 Å². The van der Waals surface area contributed by atoms with Gasteiger partial charge in [-0.25, -0.2) is 8.78 Å². The molecule has 0 N–H and O–H groups in total. The Morgan fingerprint density at radius 2 is 2.11 bits per heavy atom. The maximum atomic E-state index is 13.1. The minimum absolute atomic E-state index is 0.0408. The summed E-state index contributed by atoms with van der Waals surface area (Å²) in [5.41, 5.74) is 0.450. The van der Waals surface area contributed by atoms with Crippen molar-refractivity contribution in [3.05, 3.63) is 35.4 Å². The van der Waals surface area contributed by atoms with Crippen LogP contribution in [0.4, 0.5) is 8.78 Å². The minimum atomic E-state index is -0.944. The molecule has 0 unspecified atom stereocenters. The minimum Gasteiger partial charge on any atom is -0.338 e. The SMILES string of the molecule is N#CCCN(C(=O)Cc1ccc(F)c(F)c1)C1CC1. The number of carbonyl (C=O) groups excluding carboxylic acids is 1. The van der Waals surface area contributed by atoms with Crippen LogP contribution in [0.2, 0.25) is 0 Å². The molecule has 1 aliphatic carbocycles. The monoisotopic (exact) mass is 264 g/mol. The Hall–Kier alpha value is -1.96. The Balaban J connectivity index is 2.01. The summed E-state index contributed by atoms with van der Waals surface area (Å²) in [7, 11) is 0. The van der Waals surface area contributed by atoms with Gasteiger partial charge in [0.15, 0.2) is 11.6 Å². The Kier molecular flexibility index (Phi) is 4.10. The van der Waals surface area contributed by atoms with Gasteiger partial charge in [0.1, 0.15) is 0 Å². The lowest BCUT2D eigenvalue weighted by atomic mass is 10.1. The third-order valence-corrected chi connectivity index (χ3v) is 3.11. The van der Waals surface area contributed by atoms with Gasteiger partial charge in [-0.2, -0.15) is 5.26 Å². The third-order valence-electron chi connectivity index (χ3n) is 3.11. The first kappa shape index (κ1) is 13.5. The second-order valence-electron chi connectivity index (χ2n) is 4.65. The molecule has 0 radical (unpaired) electrons. The molecule has 0 aromatic heterocycles. The lowest BCUT2D eigenvalue weighted by Crippen LogP contribution is -2.35. The molecule has 1 aromatic rings. The highest BCUT2D eigenvalue weighted by molar-refractivity contribution is 5.79. The molecule has 0 atom stereocenters. The van der Waals surface area contributed by atoms with Crippen LogP contribution >= 0.6 is 0 Å². The van der Waals surface area contributed by atoms with Crippen molar-refractivity contribution < 1.29 is 13.6 Å². The number of nitriles is 1. The maximum absolute atomic E-state index is 13.1. The number of amides is 1. The first-order valence-corrected chi connectivity index (χ1v) is 6.22. The molecule has 2 rings (SSSR count). The van der Waals surface area contributed by atoms with Crippen LogP contribution in [0.25, 0.3) is 0 Å². The zero-order valence-corrected chi connectivity index (χ0v) is 10.4. The topological polar surface area (TPSA) is 44.1 Å². The zero-order valence-electron chi connectivity index (χ0n) is 10.4. The maximum Gasteiger partial charge on any atom is 0.227 e. The fourth-order valence-corrected chi connectivity index (χ4v) is 1.99. The van der Waals surface area contributed by atoms with Crippen LogP contribution in [0, 0.1) is 23.0 Å². The Morgan fingerprint density at radius 1 is 1.37 bits per heavy atom. The summed E-state index contributed by atoms with van der Waals surface area (Å²) in [6.07, 6.45) is 2.24. The van der Waals surface area contributed by atoms with E-state index in [4.69, 9.17) is 5.26 Å². The first-order chi connectivity index (χ1) is 9.11. The fraction of sp³-hybridized carbons (Fsp3) is 0.429. The molecule has 1 saturated carbocycles. The van der Waals surface area contributed by atoms with Gasteiger partial charge in [-0.15, -0.1) is 0 Å². The van der Waals surface area contributed by atoms with Gasteiger partial charge in [0.25, 0.3) is 0 Å². The summed E-state index contributed by atoms with van der Waals surface area (Å²) in [5.74, 6) is -2.00. The highest BCUT2D eigenvalue weighted by Gasteiger charge is 2.31. The van der Waals surface area contributed by atoms with Gasteiger partial charge in [-0.1, -0.05) is 6.07 Å². The number of halogens is 2. The van der Waals surface area contributed by atoms with E-state index in [9.17, 15) is 13.6 Å². The normalized spacial score (nSPS) is 13.9. The zero-order chi connectivity index (χ0) is 13.8. The predicted molar refractivity (Wildman–Crippen MR) is 65.0 cm³/mol. The van der Waals surface area contributed by atoms with Crippen molar-refractivity contribution in [2.24, 2.45) is 0 Å². The van der Waals surface area contributed by atoms with E-state index in [-0.39, 0.29) is 18.4 Å². The van der Waals surface area contributed by atoms with Crippen LogP contribution in [-0.2, 0) is 11.2 Å². The van der Waals surface area contributed by atoms with E-state index in [1.807, 2.05) is 6.07 Å². The van der Waals surface area contributed by atoms with Crippen LogP contribution in [0.1, 0.15) is 24.8 Å². The second-order valence-corrected chi connectivity index (χ2v) is 4.65. The Morgan fingerprint density at radius 3 is 2.68 bits per heavy atom. The van der Waals surface area contributed by atoms with Crippen LogP contribution < -0.4 is 0 Å². The summed E-state index contributed by atoms with van der Waals surface area (Å²) >= 11 is 0. The Bertz CT molecular complexity index is 521. The fourth-order valence-electron chi connectivity index (χ4n) is 1.99. The van der Waals surface area contributed by atoms with E-state index in [0.29, 0.717) is 18.5 Å². The number of hydrogen-bond acceptors (Lipinski definition) is 2. The van der Waals surface area contributed by atoms with Crippen molar-refractivity contribution in [3.63, 3.8) is 0 Å². The van der Waals surface area contributed by atoms with Crippen molar-refractivity contribution in [1.29, 1.82) is 5.26 Å². The lowest BCUT2D eigenvalue weighted by molar-refractivity contribution is -0.131. The molecule has 100 valence electrons. The Labute approximate surface area is 110 Å². The summed E-state index contributed by atoms with van der Waals surface area (Å²) < 4.78 is 25.9. The molecule has 0 bridgehead atoms.